The van der Waals surface area contributed by atoms with Gasteiger partial charge in [-0.05, 0) is 47.9 Å². The zero-order chi connectivity index (χ0) is 19.2. The molecule has 1 unspecified atom stereocenters. The number of para-hydroxylation sites is 2. The van der Waals surface area contributed by atoms with Gasteiger partial charge < -0.3 is 23.7 Å². The van der Waals surface area contributed by atoms with Crippen LogP contribution in [0.4, 0.5) is 0 Å². The third-order valence-electron chi connectivity index (χ3n) is 5.62. The van der Waals surface area contributed by atoms with E-state index < -0.39 is 6.29 Å². The van der Waals surface area contributed by atoms with Crippen molar-refractivity contribution in [2.24, 2.45) is 0 Å². The van der Waals surface area contributed by atoms with Crippen LogP contribution < -0.4 is 23.7 Å². The van der Waals surface area contributed by atoms with Gasteiger partial charge in [0.25, 0.3) is 6.29 Å². The van der Waals surface area contributed by atoms with Crippen LogP contribution in [0.1, 0.15) is 28.9 Å². The number of hydrogen-bond donors (Lipinski definition) is 0. The minimum atomic E-state index is -0.434. The monoisotopic (exact) mass is 388 g/mol. The van der Waals surface area contributed by atoms with E-state index in [1.165, 1.54) is 11.1 Å². The molecule has 146 valence electrons. The van der Waals surface area contributed by atoms with Gasteiger partial charge in [0.2, 0.25) is 0 Å². The first kappa shape index (κ1) is 16.6. The molecule has 0 aliphatic carbocycles. The van der Waals surface area contributed by atoms with E-state index in [1.54, 1.807) is 0 Å². The van der Waals surface area contributed by atoms with E-state index in [2.05, 4.69) is 24.3 Å². The van der Waals surface area contributed by atoms with Gasteiger partial charge in [-0.2, -0.15) is 0 Å². The van der Waals surface area contributed by atoms with Crippen molar-refractivity contribution in [2.45, 2.75) is 18.6 Å². The molecule has 0 fully saturated rings. The lowest BCUT2D eigenvalue weighted by atomic mass is 9.89. The fourth-order valence-electron chi connectivity index (χ4n) is 4.10. The summed E-state index contributed by atoms with van der Waals surface area (Å²) >= 11 is 0. The van der Waals surface area contributed by atoms with E-state index in [0.717, 1.165) is 40.7 Å². The summed E-state index contributed by atoms with van der Waals surface area (Å²) in [6.45, 7) is 1.83. The summed E-state index contributed by atoms with van der Waals surface area (Å²) in [5, 5.41) is 0. The largest absolute Gasteiger partial charge is 0.493 e. The zero-order valence-corrected chi connectivity index (χ0v) is 15.8. The lowest BCUT2D eigenvalue weighted by molar-refractivity contribution is 0.0483. The second-order valence-electron chi connectivity index (χ2n) is 7.50. The maximum Gasteiger partial charge on any atom is 0.268 e. The van der Waals surface area contributed by atoms with Crippen LogP contribution in [0.25, 0.3) is 0 Å². The SMILES string of the molecule is c1ccc2c(c1)OC(c1ccc3c(c1)OCC(c1ccc4c(c1)OCCO4)C3)O2. The second-order valence-corrected chi connectivity index (χ2v) is 7.50. The summed E-state index contributed by atoms with van der Waals surface area (Å²) in [5.74, 6) is 4.38. The fourth-order valence-corrected chi connectivity index (χ4v) is 4.10. The third kappa shape index (κ3) is 2.94. The van der Waals surface area contributed by atoms with Crippen LogP contribution in [0.2, 0.25) is 0 Å². The van der Waals surface area contributed by atoms with Gasteiger partial charge in [0.15, 0.2) is 23.0 Å². The number of fused-ring (bicyclic) bond motifs is 3. The van der Waals surface area contributed by atoms with Crippen molar-refractivity contribution in [1.82, 2.24) is 0 Å². The number of ether oxygens (including phenoxy) is 5. The molecule has 1 atom stereocenters. The molecule has 3 aromatic rings. The molecule has 5 nitrogen and oxygen atoms in total. The molecule has 0 radical (unpaired) electrons. The van der Waals surface area contributed by atoms with Gasteiger partial charge in [-0.1, -0.05) is 30.3 Å². The highest BCUT2D eigenvalue weighted by atomic mass is 16.7. The number of hydrogen-bond acceptors (Lipinski definition) is 5. The molecule has 3 aliphatic heterocycles. The molecule has 3 aliphatic rings. The minimum Gasteiger partial charge on any atom is -0.493 e. The van der Waals surface area contributed by atoms with E-state index in [0.29, 0.717) is 19.8 Å². The quantitative estimate of drug-likeness (QED) is 0.640. The van der Waals surface area contributed by atoms with Gasteiger partial charge in [0.05, 0.1) is 6.61 Å². The Hall–Kier alpha value is -3.34. The smallest absolute Gasteiger partial charge is 0.268 e. The Morgan fingerprint density at radius 1 is 0.621 bits per heavy atom. The molecule has 0 amide bonds. The maximum absolute atomic E-state index is 6.13. The number of benzene rings is 3. The Labute approximate surface area is 168 Å². The first-order valence-corrected chi connectivity index (χ1v) is 9.91. The van der Waals surface area contributed by atoms with Crippen LogP contribution in [0.3, 0.4) is 0 Å². The molecular formula is C24H20O5. The van der Waals surface area contributed by atoms with Gasteiger partial charge >= 0.3 is 0 Å². The van der Waals surface area contributed by atoms with Crippen molar-refractivity contribution in [2.75, 3.05) is 19.8 Å². The van der Waals surface area contributed by atoms with E-state index in [-0.39, 0.29) is 5.92 Å². The fraction of sp³-hybridized carbons (Fsp3) is 0.250. The molecular weight excluding hydrogens is 368 g/mol. The van der Waals surface area contributed by atoms with E-state index in [1.807, 2.05) is 36.4 Å². The summed E-state index contributed by atoms with van der Waals surface area (Å²) in [4.78, 5) is 0. The summed E-state index contributed by atoms with van der Waals surface area (Å²) in [6.07, 6.45) is 0.485. The van der Waals surface area contributed by atoms with Crippen LogP contribution >= 0.6 is 0 Å². The van der Waals surface area contributed by atoms with Crippen LogP contribution in [-0.4, -0.2) is 19.8 Å². The summed E-state index contributed by atoms with van der Waals surface area (Å²) in [5.41, 5.74) is 3.36. The molecule has 0 spiro atoms. The van der Waals surface area contributed by atoms with Gasteiger partial charge in [-0.3, -0.25) is 0 Å². The first-order valence-electron chi connectivity index (χ1n) is 9.91. The van der Waals surface area contributed by atoms with Crippen molar-refractivity contribution < 1.29 is 23.7 Å². The molecule has 0 saturated carbocycles. The Kier molecular flexibility index (Phi) is 3.79. The highest BCUT2D eigenvalue weighted by molar-refractivity contribution is 5.48. The van der Waals surface area contributed by atoms with Gasteiger partial charge in [-0.15, -0.1) is 0 Å². The zero-order valence-electron chi connectivity index (χ0n) is 15.8. The minimum absolute atomic E-state index is 0.285. The average Bonchev–Trinajstić information content (AvgIpc) is 3.22. The van der Waals surface area contributed by atoms with Crippen molar-refractivity contribution in [3.8, 4) is 28.7 Å². The highest BCUT2D eigenvalue weighted by Gasteiger charge is 2.28. The molecule has 0 bridgehead atoms. The normalized spacial score (nSPS) is 19.4. The molecule has 0 aromatic heterocycles. The lowest BCUT2D eigenvalue weighted by Gasteiger charge is -2.27. The van der Waals surface area contributed by atoms with E-state index in [4.69, 9.17) is 23.7 Å². The Morgan fingerprint density at radius 2 is 1.34 bits per heavy atom. The Bertz CT molecular complexity index is 1050. The van der Waals surface area contributed by atoms with E-state index in [9.17, 15) is 0 Å². The van der Waals surface area contributed by atoms with Crippen molar-refractivity contribution in [3.05, 3.63) is 77.4 Å². The predicted molar refractivity (Wildman–Crippen MR) is 106 cm³/mol. The lowest BCUT2D eigenvalue weighted by Crippen LogP contribution is -2.21. The van der Waals surface area contributed by atoms with Gasteiger partial charge in [0.1, 0.15) is 19.0 Å². The van der Waals surface area contributed by atoms with Crippen LogP contribution in [0.15, 0.2) is 60.7 Å². The van der Waals surface area contributed by atoms with Crippen molar-refractivity contribution in [3.63, 3.8) is 0 Å². The molecule has 5 heteroatoms. The summed E-state index contributed by atoms with van der Waals surface area (Å²) < 4.78 is 29.3. The van der Waals surface area contributed by atoms with Crippen LogP contribution in [-0.2, 0) is 6.42 Å². The molecule has 0 N–H and O–H groups in total. The standard InChI is InChI=1S/C24H20O5/c1-2-4-21-20(3-1)28-24(29-21)17-6-5-16-11-18(14-27-22(16)13-17)15-7-8-19-23(12-15)26-10-9-25-19/h1-8,12-13,18,24H,9-11,14H2. The van der Waals surface area contributed by atoms with Crippen LogP contribution in [0.5, 0.6) is 28.7 Å². The maximum atomic E-state index is 6.13. The topological polar surface area (TPSA) is 46.2 Å². The van der Waals surface area contributed by atoms with Crippen molar-refractivity contribution >= 4 is 0 Å². The summed E-state index contributed by atoms with van der Waals surface area (Å²) in [7, 11) is 0. The molecule has 29 heavy (non-hydrogen) atoms. The van der Waals surface area contributed by atoms with Gasteiger partial charge in [-0.25, -0.2) is 0 Å². The molecule has 3 aromatic carbocycles. The molecule has 6 rings (SSSR count). The highest BCUT2D eigenvalue weighted by Crippen LogP contribution is 2.42. The first-order chi connectivity index (χ1) is 14.3. The predicted octanol–water partition coefficient (Wildman–Crippen LogP) is 4.65. The average molecular weight is 388 g/mol. The molecule has 0 saturated heterocycles. The number of rotatable bonds is 2. The van der Waals surface area contributed by atoms with Gasteiger partial charge in [0, 0.05) is 11.5 Å². The Balaban J connectivity index is 1.22. The summed E-state index contributed by atoms with van der Waals surface area (Å²) in [6, 6.07) is 20.1. The second kappa shape index (κ2) is 6.62. The Morgan fingerprint density at radius 3 is 2.17 bits per heavy atom. The molecule has 3 heterocycles. The third-order valence-corrected chi connectivity index (χ3v) is 5.62. The van der Waals surface area contributed by atoms with Crippen LogP contribution in [0, 0.1) is 0 Å². The van der Waals surface area contributed by atoms with E-state index >= 15 is 0 Å². The van der Waals surface area contributed by atoms with Crippen molar-refractivity contribution in [1.29, 1.82) is 0 Å².